The molecule has 0 spiro atoms. The molecule has 0 bridgehead atoms. The number of benzene rings is 1. The molecular formula is C14H16BrNO3. The molecule has 2 heterocycles. The minimum atomic E-state index is -0.277. The van der Waals surface area contributed by atoms with Gasteiger partial charge in [0.05, 0.1) is 6.61 Å². The number of carbonyl (C=O) groups is 1. The van der Waals surface area contributed by atoms with Crippen molar-refractivity contribution in [2.24, 2.45) is 0 Å². The van der Waals surface area contributed by atoms with E-state index < -0.39 is 0 Å². The van der Waals surface area contributed by atoms with Crippen LogP contribution in [0.5, 0.6) is 5.75 Å². The van der Waals surface area contributed by atoms with Crippen molar-refractivity contribution in [3.63, 3.8) is 0 Å². The third-order valence-corrected chi connectivity index (χ3v) is 3.96. The number of amides is 1. The number of nitrogens with one attached hydrogen (secondary N) is 1. The van der Waals surface area contributed by atoms with E-state index >= 15 is 0 Å². The Hall–Kier alpha value is -1.07. The molecule has 0 saturated carbocycles. The summed E-state index contributed by atoms with van der Waals surface area (Å²) in [5, 5.41) is 2.93. The second-order valence-corrected chi connectivity index (χ2v) is 5.79. The summed E-state index contributed by atoms with van der Waals surface area (Å²) in [4.78, 5) is 11.9. The van der Waals surface area contributed by atoms with E-state index in [1.807, 2.05) is 6.07 Å². The zero-order chi connectivity index (χ0) is 13.2. The number of ether oxygens (including phenoxy) is 2. The zero-order valence-electron chi connectivity index (χ0n) is 10.6. The Morgan fingerprint density at radius 3 is 3.11 bits per heavy atom. The number of halogens is 1. The monoisotopic (exact) mass is 325 g/mol. The quantitative estimate of drug-likeness (QED) is 0.926. The van der Waals surface area contributed by atoms with Crippen molar-refractivity contribution in [3.05, 3.63) is 27.7 Å². The molecule has 102 valence electrons. The molecule has 0 aromatic heterocycles. The van der Waals surface area contributed by atoms with Crippen LogP contribution >= 0.6 is 15.9 Å². The molecule has 3 rings (SSSR count). The lowest BCUT2D eigenvalue weighted by atomic mass is 10.1. The first-order chi connectivity index (χ1) is 9.24. The van der Waals surface area contributed by atoms with Crippen molar-refractivity contribution in [1.82, 2.24) is 5.32 Å². The van der Waals surface area contributed by atoms with Crippen molar-refractivity contribution < 1.29 is 14.3 Å². The molecular weight excluding hydrogens is 310 g/mol. The Labute approximate surface area is 120 Å². The van der Waals surface area contributed by atoms with E-state index in [4.69, 9.17) is 9.47 Å². The number of fused-ring (bicyclic) bond motifs is 1. The van der Waals surface area contributed by atoms with E-state index in [1.165, 1.54) is 5.56 Å². The third-order valence-electron chi connectivity index (χ3n) is 3.50. The second kappa shape index (κ2) is 5.51. The highest BCUT2D eigenvalue weighted by molar-refractivity contribution is 9.10. The maximum Gasteiger partial charge on any atom is 0.249 e. The maximum absolute atomic E-state index is 11.9. The van der Waals surface area contributed by atoms with Gasteiger partial charge in [-0.05, 0) is 30.5 Å². The molecule has 0 radical (unpaired) electrons. The molecule has 4 nitrogen and oxygen atoms in total. The SMILES string of the molecule is O=C(NCc1cc(Br)cc2c1OCC2)[C@H]1CCCO1. The summed E-state index contributed by atoms with van der Waals surface area (Å²) >= 11 is 3.50. The van der Waals surface area contributed by atoms with Crippen LogP contribution in [-0.4, -0.2) is 25.2 Å². The predicted molar refractivity (Wildman–Crippen MR) is 74.2 cm³/mol. The minimum absolute atomic E-state index is 0.0239. The fourth-order valence-electron chi connectivity index (χ4n) is 2.56. The van der Waals surface area contributed by atoms with Crippen molar-refractivity contribution in [1.29, 1.82) is 0 Å². The van der Waals surface area contributed by atoms with Gasteiger partial charge in [0.2, 0.25) is 5.91 Å². The first-order valence-electron chi connectivity index (χ1n) is 6.57. The van der Waals surface area contributed by atoms with Crippen LogP contribution in [0.1, 0.15) is 24.0 Å². The molecule has 2 aliphatic rings. The van der Waals surface area contributed by atoms with Gasteiger partial charge in [0, 0.05) is 29.6 Å². The van der Waals surface area contributed by atoms with Crippen LogP contribution < -0.4 is 10.1 Å². The molecule has 19 heavy (non-hydrogen) atoms. The van der Waals surface area contributed by atoms with E-state index in [0.717, 1.165) is 41.7 Å². The summed E-state index contributed by atoms with van der Waals surface area (Å²) < 4.78 is 12.0. The molecule has 1 amide bonds. The Kier molecular flexibility index (Phi) is 3.75. The second-order valence-electron chi connectivity index (χ2n) is 4.87. The van der Waals surface area contributed by atoms with Crippen molar-refractivity contribution >= 4 is 21.8 Å². The third kappa shape index (κ3) is 2.77. The number of rotatable bonds is 3. The highest BCUT2D eigenvalue weighted by atomic mass is 79.9. The predicted octanol–water partition coefficient (Wildman–Crippen LogP) is 2.18. The lowest BCUT2D eigenvalue weighted by molar-refractivity contribution is -0.130. The van der Waals surface area contributed by atoms with Crippen LogP contribution in [-0.2, 0) is 22.5 Å². The molecule has 1 atom stereocenters. The topological polar surface area (TPSA) is 47.6 Å². The van der Waals surface area contributed by atoms with E-state index in [9.17, 15) is 4.79 Å². The summed E-state index contributed by atoms with van der Waals surface area (Å²) in [7, 11) is 0. The number of carbonyl (C=O) groups excluding carboxylic acids is 1. The smallest absolute Gasteiger partial charge is 0.249 e. The van der Waals surface area contributed by atoms with Gasteiger partial charge in [-0.25, -0.2) is 0 Å². The fraction of sp³-hybridized carbons (Fsp3) is 0.500. The standard InChI is InChI=1S/C14H16BrNO3/c15-11-6-9-3-5-19-13(9)10(7-11)8-16-14(17)12-2-1-4-18-12/h6-7,12H,1-5,8H2,(H,16,17)/t12-/m1/s1. The summed E-state index contributed by atoms with van der Waals surface area (Å²) in [6.07, 6.45) is 2.44. The first kappa shape index (κ1) is 12.9. The van der Waals surface area contributed by atoms with Gasteiger partial charge in [-0.15, -0.1) is 0 Å². The van der Waals surface area contributed by atoms with Crippen molar-refractivity contribution in [3.8, 4) is 5.75 Å². The summed E-state index contributed by atoms with van der Waals surface area (Å²) in [6, 6.07) is 4.08. The molecule has 5 heteroatoms. The van der Waals surface area contributed by atoms with Crippen molar-refractivity contribution in [2.75, 3.05) is 13.2 Å². The molecule has 1 aromatic rings. The fourth-order valence-corrected chi connectivity index (χ4v) is 3.11. The van der Waals surface area contributed by atoms with Crippen LogP contribution in [0.4, 0.5) is 0 Å². The van der Waals surface area contributed by atoms with Gasteiger partial charge in [0.1, 0.15) is 11.9 Å². The normalized spacial score (nSPS) is 21.0. The van der Waals surface area contributed by atoms with E-state index in [2.05, 4.69) is 27.3 Å². The lowest BCUT2D eigenvalue weighted by Gasteiger charge is -2.13. The highest BCUT2D eigenvalue weighted by Crippen LogP contribution is 2.32. The first-order valence-corrected chi connectivity index (χ1v) is 7.37. The van der Waals surface area contributed by atoms with E-state index in [0.29, 0.717) is 13.2 Å². The largest absolute Gasteiger partial charge is 0.493 e. The molecule has 1 aromatic carbocycles. The highest BCUT2D eigenvalue weighted by Gasteiger charge is 2.24. The molecule has 1 fully saturated rings. The molecule has 0 unspecified atom stereocenters. The molecule has 0 aliphatic carbocycles. The Morgan fingerprint density at radius 1 is 1.42 bits per heavy atom. The van der Waals surface area contributed by atoms with Crippen LogP contribution in [0.25, 0.3) is 0 Å². The summed E-state index contributed by atoms with van der Waals surface area (Å²) in [5.74, 6) is 0.903. The Morgan fingerprint density at radius 2 is 2.32 bits per heavy atom. The lowest BCUT2D eigenvalue weighted by Crippen LogP contribution is -2.33. The maximum atomic E-state index is 11.9. The Balaban J connectivity index is 1.68. The van der Waals surface area contributed by atoms with Gasteiger partial charge >= 0.3 is 0 Å². The number of hydrogen-bond acceptors (Lipinski definition) is 3. The molecule has 2 aliphatic heterocycles. The van der Waals surface area contributed by atoms with Gasteiger partial charge in [0.25, 0.3) is 0 Å². The Bertz CT molecular complexity index is 498. The van der Waals surface area contributed by atoms with Crippen LogP contribution in [0.2, 0.25) is 0 Å². The van der Waals surface area contributed by atoms with Gasteiger partial charge in [-0.3, -0.25) is 4.79 Å². The van der Waals surface area contributed by atoms with Crippen LogP contribution in [0.3, 0.4) is 0 Å². The molecule has 1 N–H and O–H groups in total. The average Bonchev–Trinajstić information content (AvgIpc) is 3.05. The van der Waals surface area contributed by atoms with Crippen LogP contribution in [0, 0.1) is 0 Å². The summed E-state index contributed by atoms with van der Waals surface area (Å²) in [5.41, 5.74) is 2.23. The number of hydrogen-bond donors (Lipinski definition) is 1. The van der Waals surface area contributed by atoms with Crippen molar-refractivity contribution in [2.45, 2.75) is 31.9 Å². The summed E-state index contributed by atoms with van der Waals surface area (Å²) in [6.45, 7) is 1.90. The van der Waals surface area contributed by atoms with Gasteiger partial charge in [-0.1, -0.05) is 15.9 Å². The molecule has 1 saturated heterocycles. The van der Waals surface area contributed by atoms with Crippen LogP contribution in [0.15, 0.2) is 16.6 Å². The zero-order valence-corrected chi connectivity index (χ0v) is 12.2. The van der Waals surface area contributed by atoms with Gasteiger partial charge in [-0.2, -0.15) is 0 Å². The van der Waals surface area contributed by atoms with E-state index in [1.54, 1.807) is 0 Å². The van der Waals surface area contributed by atoms with Gasteiger partial charge < -0.3 is 14.8 Å². The van der Waals surface area contributed by atoms with E-state index in [-0.39, 0.29) is 12.0 Å². The minimum Gasteiger partial charge on any atom is -0.493 e. The van der Waals surface area contributed by atoms with Gasteiger partial charge in [0.15, 0.2) is 0 Å². The average molecular weight is 326 g/mol.